The Morgan fingerprint density at radius 2 is 1.94 bits per heavy atom. The van der Waals surface area contributed by atoms with E-state index in [9.17, 15) is 5.11 Å². The van der Waals surface area contributed by atoms with Crippen LogP contribution in [-0.2, 0) is 19.3 Å². The molecular weight excluding hydrogens is 212 g/mol. The summed E-state index contributed by atoms with van der Waals surface area (Å²) in [6, 6.07) is 12.2. The van der Waals surface area contributed by atoms with E-state index < -0.39 is 5.60 Å². The predicted octanol–water partition coefficient (Wildman–Crippen LogP) is 2.74. The molecule has 1 unspecified atom stereocenters. The predicted molar refractivity (Wildman–Crippen MR) is 65.8 cm³/mol. The van der Waals surface area contributed by atoms with Crippen molar-refractivity contribution in [3.05, 3.63) is 59.5 Å². The minimum atomic E-state index is -0.647. The molecule has 0 saturated heterocycles. The zero-order valence-electron chi connectivity index (χ0n) is 9.73. The van der Waals surface area contributed by atoms with Gasteiger partial charge in [0.1, 0.15) is 5.76 Å². The fourth-order valence-corrected chi connectivity index (χ4v) is 2.67. The van der Waals surface area contributed by atoms with Gasteiger partial charge in [-0.15, -0.1) is 0 Å². The van der Waals surface area contributed by atoms with E-state index in [4.69, 9.17) is 4.42 Å². The zero-order valence-corrected chi connectivity index (χ0v) is 9.73. The van der Waals surface area contributed by atoms with Crippen molar-refractivity contribution in [2.24, 2.45) is 0 Å². The van der Waals surface area contributed by atoms with E-state index in [0.717, 1.165) is 25.0 Å². The van der Waals surface area contributed by atoms with Crippen LogP contribution < -0.4 is 0 Å². The molecule has 1 N–H and O–H groups in total. The Hall–Kier alpha value is -1.54. The fourth-order valence-electron chi connectivity index (χ4n) is 2.67. The average Bonchev–Trinajstić information content (AvgIpc) is 2.81. The Labute approximate surface area is 101 Å². The summed E-state index contributed by atoms with van der Waals surface area (Å²) in [5.74, 6) is 0.867. The summed E-state index contributed by atoms with van der Waals surface area (Å²) >= 11 is 0. The largest absolute Gasteiger partial charge is 0.469 e. The molecule has 0 amide bonds. The summed E-state index contributed by atoms with van der Waals surface area (Å²) in [4.78, 5) is 0. The van der Waals surface area contributed by atoms with Gasteiger partial charge in [0.2, 0.25) is 0 Å². The van der Waals surface area contributed by atoms with Gasteiger partial charge in [-0.1, -0.05) is 24.3 Å². The minimum Gasteiger partial charge on any atom is -0.469 e. The topological polar surface area (TPSA) is 33.4 Å². The van der Waals surface area contributed by atoms with Crippen molar-refractivity contribution in [1.29, 1.82) is 0 Å². The molecule has 1 aliphatic rings. The molecule has 1 aliphatic carbocycles. The number of aliphatic hydroxyl groups is 1. The van der Waals surface area contributed by atoms with E-state index >= 15 is 0 Å². The summed E-state index contributed by atoms with van der Waals surface area (Å²) in [7, 11) is 0. The summed E-state index contributed by atoms with van der Waals surface area (Å²) in [5.41, 5.74) is 2.00. The summed E-state index contributed by atoms with van der Waals surface area (Å²) in [5, 5.41) is 10.6. The van der Waals surface area contributed by atoms with Gasteiger partial charge in [0.15, 0.2) is 0 Å². The molecule has 1 heterocycles. The van der Waals surface area contributed by atoms with Crippen LogP contribution in [-0.4, -0.2) is 10.7 Å². The number of rotatable bonds is 2. The Balaban J connectivity index is 1.82. The lowest BCUT2D eigenvalue weighted by molar-refractivity contribution is 0.0221. The number of hydrogen-bond acceptors (Lipinski definition) is 2. The Bertz CT molecular complexity index is 501. The molecule has 2 aromatic rings. The second-order valence-electron chi connectivity index (χ2n) is 4.93. The van der Waals surface area contributed by atoms with Gasteiger partial charge in [0, 0.05) is 12.8 Å². The first kappa shape index (κ1) is 10.6. The van der Waals surface area contributed by atoms with Crippen LogP contribution in [0.25, 0.3) is 0 Å². The maximum Gasteiger partial charge on any atom is 0.106 e. The van der Waals surface area contributed by atoms with Gasteiger partial charge in [0.05, 0.1) is 11.9 Å². The maximum atomic E-state index is 10.6. The first-order chi connectivity index (χ1) is 8.25. The molecule has 0 aliphatic heterocycles. The van der Waals surface area contributed by atoms with Crippen LogP contribution in [0.4, 0.5) is 0 Å². The first-order valence-electron chi connectivity index (χ1n) is 6.07. The van der Waals surface area contributed by atoms with E-state index in [2.05, 4.69) is 18.2 Å². The van der Waals surface area contributed by atoms with Crippen LogP contribution >= 0.6 is 0 Å². The Morgan fingerprint density at radius 3 is 2.71 bits per heavy atom. The third kappa shape index (κ3) is 2.13. The molecule has 0 radical (unpaired) electrons. The molecule has 1 atom stereocenters. The maximum absolute atomic E-state index is 10.6. The lowest BCUT2D eigenvalue weighted by Gasteiger charge is -2.32. The molecular formula is C15H16O2. The van der Waals surface area contributed by atoms with Crippen LogP contribution in [0, 0.1) is 0 Å². The van der Waals surface area contributed by atoms with Gasteiger partial charge < -0.3 is 9.52 Å². The Morgan fingerprint density at radius 1 is 1.12 bits per heavy atom. The van der Waals surface area contributed by atoms with E-state index in [-0.39, 0.29) is 0 Å². The molecule has 2 heteroatoms. The molecule has 1 aromatic heterocycles. The van der Waals surface area contributed by atoms with Gasteiger partial charge in [-0.05, 0) is 36.1 Å². The van der Waals surface area contributed by atoms with Gasteiger partial charge in [-0.25, -0.2) is 0 Å². The number of hydrogen-bond donors (Lipinski definition) is 1. The zero-order chi connectivity index (χ0) is 11.7. The van der Waals surface area contributed by atoms with Crippen molar-refractivity contribution < 1.29 is 9.52 Å². The molecule has 3 rings (SSSR count). The molecule has 0 spiro atoms. The lowest BCUT2D eigenvalue weighted by Crippen LogP contribution is -2.37. The SMILES string of the molecule is OC1(Cc2ccco2)CCc2ccccc2C1. The summed E-state index contributed by atoms with van der Waals surface area (Å²) in [6.07, 6.45) is 4.76. The number of fused-ring (bicyclic) bond motifs is 1. The molecule has 0 bridgehead atoms. The fraction of sp³-hybridized carbons (Fsp3) is 0.333. The van der Waals surface area contributed by atoms with Crippen molar-refractivity contribution in [2.75, 3.05) is 0 Å². The molecule has 0 saturated carbocycles. The molecule has 0 fully saturated rings. The highest BCUT2D eigenvalue weighted by Gasteiger charge is 2.32. The van der Waals surface area contributed by atoms with Gasteiger partial charge >= 0.3 is 0 Å². The highest BCUT2D eigenvalue weighted by atomic mass is 16.3. The van der Waals surface area contributed by atoms with Gasteiger partial charge in [-0.3, -0.25) is 0 Å². The third-order valence-corrected chi connectivity index (χ3v) is 3.58. The number of benzene rings is 1. The monoisotopic (exact) mass is 228 g/mol. The highest BCUT2D eigenvalue weighted by Crippen LogP contribution is 2.31. The van der Waals surface area contributed by atoms with E-state index in [1.807, 2.05) is 18.2 Å². The quantitative estimate of drug-likeness (QED) is 0.857. The molecule has 88 valence electrons. The van der Waals surface area contributed by atoms with E-state index in [1.165, 1.54) is 11.1 Å². The molecule has 17 heavy (non-hydrogen) atoms. The normalized spacial score (nSPS) is 23.4. The summed E-state index contributed by atoms with van der Waals surface area (Å²) in [6.45, 7) is 0. The Kier molecular flexibility index (Phi) is 2.52. The van der Waals surface area contributed by atoms with Crippen LogP contribution in [0.15, 0.2) is 47.1 Å². The number of aryl methyl sites for hydroxylation is 1. The average molecular weight is 228 g/mol. The lowest BCUT2D eigenvalue weighted by atomic mass is 9.78. The van der Waals surface area contributed by atoms with Gasteiger partial charge in [0.25, 0.3) is 0 Å². The van der Waals surface area contributed by atoms with Gasteiger partial charge in [-0.2, -0.15) is 0 Å². The van der Waals surface area contributed by atoms with Crippen LogP contribution in [0.1, 0.15) is 23.3 Å². The number of furan rings is 1. The molecule has 2 nitrogen and oxygen atoms in total. The van der Waals surface area contributed by atoms with E-state index in [1.54, 1.807) is 6.26 Å². The van der Waals surface area contributed by atoms with Crippen LogP contribution in [0.2, 0.25) is 0 Å². The van der Waals surface area contributed by atoms with Crippen molar-refractivity contribution in [2.45, 2.75) is 31.3 Å². The van der Waals surface area contributed by atoms with Crippen molar-refractivity contribution in [3.63, 3.8) is 0 Å². The second kappa shape index (κ2) is 4.04. The molecule has 1 aromatic carbocycles. The van der Waals surface area contributed by atoms with E-state index in [0.29, 0.717) is 6.42 Å². The van der Waals surface area contributed by atoms with Crippen molar-refractivity contribution in [1.82, 2.24) is 0 Å². The standard InChI is InChI=1S/C15H16O2/c16-15(11-14-6-3-9-17-14)8-7-12-4-1-2-5-13(12)10-15/h1-6,9,16H,7-8,10-11H2. The highest BCUT2D eigenvalue weighted by molar-refractivity contribution is 5.32. The van der Waals surface area contributed by atoms with Crippen LogP contribution in [0.5, 0.6) is 0 Å². The third-order valence-electron chi connectivity index (χ3n) is 3.58. The smallest absolute Gasteiger partial charge is 0.106 e. The van der Waals surface area contributed by atoms with Crippen molar-refractivity contribution in [3.8, 4) is 0 Å². The summed E-state index contributed by atoms with van der Waals surface area (Å²) < 4.78 is 5.33. The first-order valence-corrected chi connectivity index (χ1v) is 6.07. The van der Waals surface area contributed by atoms with Crippen molar-refractivity contribution >= 4 is 0 Å². The minimum absolute atomic E-state index is 0.605. The second-order valence-corrected chi connectivity index (χ2v) is 4.93. The van der Waals surface area contributed by atoms with Crippen LogP contribution in [0.3, 0.4) is 0 Å².